The van der Waals surface area contributed by atoms with Gasteiger partial charge in [0.2, 0.25) is 0 Å². The molecular formula is C19H20N2O3. The zero-order valence-electron chi connectivity index (χ0n) is 13.3. The van der Waals surface area contributed by atoms with Crippen LogP contribution in [0.4, 0.5) is 5.69 Å². The summed E-state index contributed by atoms with van der Waals surface area (Å²) in [4.78, 5) is 23.7. The second-order valence-corrected chi connectivity index (χ2v) is 5.91. The van der Waals surface area contributed by atoms with E-state index in [1.54, 1.807) is 48.5 Å². The van der Waals surface area contributed by atoms with E-state index >= 15 is 0 Å². The summed E-state index contributed by atoms with van der Waals surface area (Å²) >= 11 is 0. The molecule has 0 heterocycles. The van der Waals surface area contributed by atoms with Crippen molar-refractivity contribution in [3.63, 3.8) is 0 Å². The summed E-state index contributed by atoms with van der Waals surface area (Å²) in [6, 6.07) is 13.7. The third-order valence-electron chi connectivity index (χ3n) is 4.16. The number of rotatable bonds is 5. The predicted molar refractivity (Wildman–Crippen MR) is 92.2 cm³/mol. The molecule has 5 heteroatoms. The molecule has 2 aromatic carbocycles. The molecule has 0 radical (unpaired) electrons. The average molecular weight is 324 g/mol. The first-order chi connectivity index (χ1) is 11.6. The number of benzene rings is 2. The van der Waals surface area contributed by atoms with E-state index in [4.69, 9.17) is 10.5 Å². The number of primary amides is 1. The predicted octanol–water partition coefficient (Wildman–Crippen LogP) is 3.36. The van der Waals surface area contributed by atoms with E-state index in [0.717, 1.165) is 18.6 Å². The second-order valence-electron chi connectivity index (χ2n) is 5.91. The lowest BCUT2D eigenvalue weighted by Crippen LogP contribution is -2.18. The normalized spacial score (nSPS) is 14.3. The molecule has 1 aliphatic carbocycles. The van der Waals surface area contributed by atoms with Crippen LogP contribution in [0.15, 0.2) is 48.5 Å². The highest BCUT2D eigenvalue weighted by Crippen LogP contribution is 2.24. The smallest absolute Gasteiger partial charge is 0.255 e. The number of nitrogens with one attached hydrogen (secondary N) is 1. The van der Waals surface area contributed by atoms with E-state index < -0.39 is 5.91 Å². The molecule has 2 amide bonds. The maximum absolute atomic E-state index is 12.3. The van der Waals surface area contributed by atoms with E-state index in [2.05, 4.69) is 5.32 Å². The molecule has 0 aromatic heterocycles. The summed E-state index contributed by atoms with van der Waals surface area (Å²) in [6.45, 7) is 0. The number of amides is 2. The van der Waals surface area contributed by atoms with Crippen LogP contribution in [0, 0.1) is 0 Å². The molecule has 0 atom stereocenters. The maximum Gasteiger partial charge on any atom is 0.255 e. The topological polar surface area (TPSA) is 81.4 Å². The van der Waals surface area contributed by atoms with Crippen molar-refractivity contribution in [2.45, 2.75) is 31.8 Å². The molecule has 3 N–H and O–H groups in total. The molecule has 0 bridgehead atoms. The summed E-state index contributed by atoms with van der Waals surface area (Å²) in [5, 5.41) is 2.72. The Morgan fingerprint density at radius 1 is 1.00 bits per heavy atom. The molecule has 3 rings (SSSR count). The maximum atomic E-state index is 12.3. The van der Waals surface area contributed by atoms with Crippen LogP contribution in [0.2, 0.25) is 0 Å². The largest absolute Gasteiger partial charge is 0.490 e. The molecular weight excluding hydrogens is 304 g/mol. The van der Waals surface area contributed by atoms with Crippen LogP contribution < -0.4 is 15.8 Å². The van der Waals surface area contributed by atoms with Crippen LogP contribution in [0.5, 0.6) is 5.75 Å². The average Bonchev–Trinajstić information content (AvgIpc) is 3.09. The number of carbonyl (C=O) groups excluding carboxylic acids is 2. The first kappa shape index (κ1) is 16.1. The van der Waals surface area contributed by atoms with E-state index in [0.29, 0.717) is 11.3 Å². The second kappa shape index (κ2) is 7.17. The summed E-state index contributed by atoms with van der Waals surface area (Å²) in [5.41, 5.74) is 6.50. The molecule has 24 heavy (non-hydrogen) atoms. The fourth-order valence-corrected chi connectivity index (χ4v) is 2.88. The van der Waals surface area contributed by atoms with E-state index in [1.807, 2.05) is 0 Å². The molecule has 1 fully saturated rings. The van der Waals surface area contributed by atoms with E-state index in [9.17, 15) is 9.59 Å². The standard InChI is InChI=1S/C19H20N2O3/c20-18(22)16-7-3-4-8-17(16)21-19(23)13-9-11-15(12-10-13)24-14-5-1-2-6-14/h3-4,7-12,14H,1-2,5-6H2,(H2,20,22)(H,21,23). The van der Waals surface area contributed by atoms with Crippen LogP contribution in [-0.4, -0.2) is 17.9 Å². The van der Waals surface area contributed by atoms with Crippen molar-refractivity contribution in [3.05, 3.63) is 59.7 Å². The summed E-state index contributed by atoms with van der Waals surface area (Å²) in [7, 11) is 0. The summed E-state index contributed by atoms with van der Waals surface area (Å²) in [6.07, 6.45) is 4.89. The molecule has 124 valence electrons. The van der Waals surface area contributed by atoms with Gasteiger partial charge in [-0.05, 0) is 62.1 Å². The fourth-order valence-electron chi connectivity index (χ4n) is 2.88. The van der Waals surface area contributed by atoms with Gasteiger partial charge >= 0.3 is 0 Å². The fraction of sp³-hybridized carbons (Fsp3) is 0.263. The Bertz CT molecular complexity index is 735. The highest BCUT2D eigenvalue weighted by Gasteiger charge is 2.17. The van der Waals surface area contributed by atoms with Gasteiger partial charge in [-0.3, -0.25) is 9.59 Å². The van der Waals surface area contributed by atoms with Crippen LogP contribution >= 0.6 is 0 Å². The summed E-state index contributed by atoms with van der Waals surface area (Å²) < 4.78 is 5.89. The van der Waals surface area contributed by atoms with Crippen molar-refractivity contribution in [1.29, 1.82) is 0 Å². The van der Waals surface area contributed by atoms with Gasteiger partial charge in [-0.25, -0.2) is 0 Å². The van der Waals surface area contributed by atoms with Crippen molar-refractivity contribution in [2.24, 2.45) is 5.73 Å². The first-order valence-electron chi connectivity index (χ1n) is 8.10. The van der Waals surface area contributed by atoms with Crippen molar-refractivity contribution >= 4 is 17.5 Å². The van der Waals surface area contributed by atoms with Gasteiger partial charge in [0.05, 0.1) is 17.4 Å². The molecule has 0 aliphatic heterocycles. The van der Waals surface area contributed by atoms with Gasteiger partial charge in [0, 0.05) is 5.56 Å². The highest BCUT2D eigenvalue weighted by atomic mass is 16.5. The zero-order chi connectivity index (χ0) is 16.9. The minimum Gasteiger partial charge on any atom is -0.490 e. The van der Waals surface area contributed by atoms with E-state index in [1.165, 1.54) is 12.8 Å². The Hall–Kier alpha value is -2.82. The lowest BCUT2D eigenvalue weighted by molar-refractivity contribution is 0.100. The lowest BCUT2D eigenvalue weighted by atomic mass is 10.1. The van der Waals surface area contributed by atoms with Crippen molar-refractivity contribution in [2.75, 3.05) is 5.32 Å². The zero-order valence-corrected chi connectivity index (χ0v) is 13.3. The Morgan fingerprint density at radius 3 is 2.33 bits per heavy atom. The Morgan fingerprint density at radius 2 is 1.67 bits per heavy atom. The monoisotopic (exact) mass is 324 g/mol. The number of para-hydroxylation sites is 1. The van der Waals surface area contributed by atoms with Gasteiger partial charge in [-0.1, -0.05) is 12.1 Å². The number of anilines is 1. The lowest BCUT2D eigenvalue weighted by Gasteiger charge is -2.13. The van der Waals surface area contributed by atoms with Crippen LogP contribution in [0.1, 0.15) is 46.4 Å². The SMILES string of the molecule is NC(=O)c1ccccc1NC(=O)c1ccc(OC2CCCC2)cc1. The van der Waals surface area contributed by atoms with E-state index in [-0.39, 0.29) is 17.6 Å². The van der Waals surface area contributed by atoms with Crippen molar-refractivity contribution < 1.29 is 14.3 Å². The minimum absolute atomic E-state index is 0.284. The molecule has 0 unspecified atom stereocenters. The van der Waals surface area contributed by atoms with Crippen molar-refractivity contribution in [1.82, 2.24) is 0 Å². The van der Waals surface area contributed by atoms with Gasteiger partial charge in [0.25, 0.3) is 11.8 Å². The van der Waals surface area contributed by atoms with Crippen LogP contribution in [0.3, 0.4) is 0 Å². The molecule has 1 saturated carbocycles. The number of hydrogen-bond donors (Lipinski definition) is 2. The Labute approximate surface area is 140 Å². The van der Waals surface area contributed by atoms with Gasteiger partial charge < -0.3 is 15.8 Å². The molecule has 5 nitrogen and oxygen atoms in total. The molecule has 0 saturated heterocycles. The number of carbonyl (C=O) groups is 2. The number of ether oxygens (including phenoxy) is 1. The molecule has 1 aliphatic rings. The quantitative estimate of drug-likeness (QED) is 0.885. The van der Waals surface area contributed by atoms with Gasteiger partial charge in [0.1, 0.15) is 5.75 Å². The van der Waals surface area contributed by atoms with Crippen LogP contribution in [-0.2, 0) is 0 Å². The molecule has 2 aromatic rings. The van der Waals surface area contributed by atoms with Crippen LogP contribution in [0.25, 0.3) is 0 Å². The third kappa shape index (κ3) is 3.74. The van der Waals surface area contributed by atoms with Gasteiger partial charge in [-0.15, -0.1) is 0 Å². The van der Waals surface area contributed by atoms with Crippen molar-refractivity contribution in [3.8, 4) is 5.75 Å². The third-order valence-corrected chi connectivity index (χ3v) is 4.16. The Balaban J connectivity index is 1.68. The first-order valence-corrected chi connectivity index (χ1v) is 8.10. The summed E-state index contributed by atoms with van der Waals surface area (Å²) in [5.74, 6) is -0.0988. The minimum atomic E-state index is -0.578. The number of nitrogens with two attached hydrogens (primary N) is 1. The Kier molecular flexibility index (Phi) is 4.79. The van der Waals surface area contributed by atoms with Gasteiger partial charge in [-0.2, -0.15) is 0 Å². The van der Waals surface area contributed by atoms with Gasteiger partial charge in [0.15, 0.2) is 0 Å². The highest BCUT2D eigenvalue weighted by molar-refractivity contribution is 6.08. The number of hydrogen-bond acceptors (Lipinski definition) is 3. The molecule has 0 spiro atoms.